The van der Waals surface area contributed by atoms with E-state index in [2.05, 4.69) is 18.0 Å². The van der Waals surface area contributed by atoms with Crippen molar-refractivity contribution >= 4 is 35.1 Å². The molecule has 0 radical (unpaired) electrons. The van der Waals surface area contributed by atoms with E-state index < -0.39 is 11.0 Å². The first-order chi connectivity index (χ1) is 17.2. The maximum atomic E-state index is 13.5. The molecular formula is C28H30Cl2N2O4. The number of ether oxygens (including phenoxy) is 2. The fourth-order valence-electron chi connectivity index (χ4n) is 7.66. The van der Waals surface area contributed by atoms with E-state index in [-0.39, 0.29) is 36.5 Å². The Bertz CT molecular complexity index is 1270. The summed E-state index contributed by atoms with van der Waals surface area (Å²) in [7, 11) is 3.99. The first-order valence-corrected chi connectivity index (χ1v) is 13.3. The fourth-order valence-corrected chi connectivity index (χ4v) is 7.98. The summed E-state index contributed by atoms with van der Waals surface area (Å²) in [4.78, 5) is 30.2. The van der Waals surface area contributed by atoms with Crippen LogP contribution in [0.3, 0.4) is 0 Å². The summed E-state index contributed by atoms with van der Waals surface area (Å²) in [5.41, 5.74) is 2.11. The lowest BCUT2D eigenvalue weighted by Gasteiger charge is -2.65. The predicted molar refractivity (Wildman–Crippen MR) is 138 cm³/mol. The molecule has 0 N–H and O–H groups in total. The van der Waals surface area contributed by atoms with E-state index in [9.17, 15) is 9.59 Å². The van der Waals surface area contributed by atoms with Crippen molar-refractivity contribution < 1.29 is 19.1 Å². The molecule has 4 aliphatic rings. The predicted octanol–water partition coefficient (Wildman–Crippen LogP) is 4.42. The molecule has 1 saturated carbocycles. The molecule has 0 unspecified atom stereocenters. The first-order valence-electron chi connectivity index (χ1n) is 12.6. The van der Waals surface area contributed by atoms with E-state index in [1.165, 1.54) is 18.1 Å². The number of amides is 1. The maximum Gasteiger partial charge on any atom is 0.303 e. The molecule has 190 valence electrons. The van der Waals surface area contributed by atoms with Crippen molar-refractivity contribution in [2.24, 2.45) is 0 Å². The van der Waals surface area contributed by atoms with Gasteiger partial charge in [-0.3, -0.25) is 14.5 Å². The van der Waals surface area contributed by atoms with Crippen molar-refractivity contribution in [2.45, 2.75) is 68.2 Å². The molecule has 2 fully saturated rings. The number of rotatable bonds is 4. The average Bonchev–Trinajstić information content (AvgIpc) is 3.18. The number of likely N-dealkylation sites (tertiary alicyclic amines) is 1. The van der Waals surface area contributed by atoms with Gasteiger partial charge in [0, 0.05) is 19.5 Å². The van der Waals surface area contributed by atoms with Gasteiger partial charge in [-0.25, -0.2) is 0 Å². The quantitative estimate of drug-likeness (QED) is 0.549. The molecule has 2 aliphatic heterocycles. The van der Waals surface area contributed by atoms with Crippen LogP contribution in [0, 0.1) is 0 Å². The van der Waals surface area contributed by atoms with Crippen LogP contribution in [0.1, 0.15) is 42.9 Å². The Kier molecular flexibility index (Phi) is 5.60. The summed E-state index contributed by atoms with van der Waals surface area (Å²) in [5.74, 6) is 0.604. The fraction of sp³-hybridized carbons (Fsp3) is 0.500. The molecular weight excluding hydrogens is 499 g/mol. The number of halogens is 2. The smallest absolute Gasteiger partial charge is 0.303 e. The Hall–Kier alpha value is -2.28. The minimum Gasteiger partial charge on any atom is -0.487 e. The third-order valence-corrected chi connectivity index (χ3v) is 9.85. The van der Waals surface area contributed by atoms with E-state index in [0.717, 1.165) is 30.7 Å². The van der Waals surface area contributed by atoms with Crippen LogP contribution in [-0.4, -0.2) is 66.1 Å². The van der Waals surface area contributed by atoms with Crippen LogP contribution in [0.15, 0.2) is 36.4 Å². The molecule has 2 heterocycles. The highest BCUT2D eigenvalue weighted by Crippen LogP contribution is 2.65. The van der Waals surface area contributed by atoms with Gasteiger partial charge in [0.25, 0.3) is 0 Å². The van der Waals surface area contributed by atoms with Crippen molar-refractivity contribution in [1.29, 1.82) is 0 Å². The van der Waals surface area contributed by atoms with Crippen LogP contribution in [0.25, 0.3) is 0 Å². The van der Waals surface area contributed by atoms with Gasteiger partial charge in [0.1, 0.15) is 17.5 Å². The minimum absolute atomic E-state index is 0.00478. The number of hydrogen-bond acceptors (Lipinski definition) is 5. The summed E-state index contributed by atoms with van der Waals surface area (Å²) < 4.78 is 13.1. The zero-order chi connectivity index (χ0) is 25.4. The molecule has 5 atom stereocenters. The highest BCUT2D eigenvalue weighted by molar-refractivity contribution is 6.42. The Balaban J connectivity index is 1.40. The molecule has 2 aromatic carbocycles. The Morgan fingerprint density at radius 3 is 2.75 bits per heavy atom. The molecule has 6 rings (SSSR count). The number of hydrogen-bond donors (Lipinski definition) is 0. The van der Waals surface area contributed by atoms with Crippen molar-refractivity contribution in [1.82, 2.24) is 9.80 Å². The average molecular weight is 529 g/mol. The van der Waals surface area contributed by atoms with Crippen LogP contribution in [0.2, 0.25) is 10.0 Å². The number of piperidine rings is 1. The normalized spacial score (nSPS) is 31.9. The zero-order valence-electron chi connectivity index (χ0n) is 20.7. The van der Waals surface area contributed by atoms with Gasteiger partial charge in [-0.15, -0.1) is 0 Å². The van der Waals surface area contributed by atoms with E-state index in [1.54, 1.807) is 12.1 Å². The van der Waals surface area contributed by atoms with Gasteiger partial charge in [-0.05, 0) is 68.6 Å². The van der Waals surface area contributed by atoms with Crippen LogP contribution >= 0.6 is 23.2 Å². The lowest BCUT2D eigenvalue weighted by molar-refractivity contribution is -0.221. The van der Waals surface area contributed by atoms with Gasteiger partial charge in [-0.2, -0.15) is 0 Å². The summed E-state index contributed by atoms with van der Waals surface area (Å²) in [6.07, 6.45) is 2.94. The maximum absolute atomic E-state index is 13.5. The molecule has 2 aliphatic carbocycles. The molecule has 1 saturated heterocycles. The topological polar surface area (TPSA) is 59.1 Å². The summed E-state index contributed by atoms with van der Waals surface area (Å²) >= 11 is 12.3. The standard InChI is InChI=1S/C28H30Cl2N2O4/c1-16(33)36-28-10-9-21(32(3)24(34)14-17-7-8-19(29)20(30)13-17)26-27(28)11-12-31(2)23(28)15-18-5-4-6-22(35-26)25(18)27/h4-8,13,21,23,26H,9-12,14-15H2,1-3H3/t21-,23-,26+,27+,28-/m1/s1. The minimum atomic E-state index is -0.680. The van der Waals surface area contributed by atoms with E-state index in [1.807, 2.05) is 30.1 Å². The number of nitrogens with zero attached hydrogens (tertiary/aromatic N) is 2. The van der Waals surface area contributed by atoms with Gasteiger partial charge >= 0.3 is 5.97 Å². The van der Waals surface area contributed by atoms with Crippen molar-refractivity contribution in [2.75, 3.05) is 20.6 Å². The van der Waals surface area contributed by atoms with Crippen LogP contribution < -0.4 is 4.74 Å². The van der Waals surface area contributed by atoms with Crippen molar-refractivity contribution in [3.63, 3.8) is 0 Å². The largest absolute Gasteiger partial charge is 0.487 e. The third kappa shape index (κ3) is 3.20. The summed E-state index contributed by atoms with van der Waals surface area (Å²) in [6, 6.07) is 11.5. The molecule has 36 heavy (non-hydrogen) atoms. The number of likely N-dealkylation sites (N-methyl/N-ethyl adjacent to an activating group) is 2. The number of benzene rings is 2. The highest BCUT2D eigenvalue weighted by atomic mass is 35.5. The lowest BCUT2D eigenvalue weighted by Crippen LogP contribution is -2.78. The summed E-state index contributed by atoms with van der Waals surface area (Å²) in [5, 5.41) is 0.908. The number of carbonyl (C=O) groups excluding carboxylic acids is 2. The Morgan fingerprint density at radius 2 is 2.00 bits per heavy atom. The Morgan fingerprint density at radius 1 is 1.19 bits per heavy atom. The molecule has 1 amide bonds. The third-order valence-electron chi connectivity index (χ3n) is 9.11. The van der Waals surface area contributed by atoms with Crippen LogP contribution in [0.4, 0.5) is 0 Å². The molecule has 2 bridgehead atoms. The number of carbonyl (C=O) groups is 2. The molecule has 1 spiro atoms. The highest BCUT2D eigenvalue weighted by Gasteiger charge is 2.75. The first kappa shape index (κ1) is 24.1. The van der Waals surface area contributed by atoms with Gasteiger partial charge in [-0.1, -0.05) is 41.4 Å². The molecule has 0 aromatic heterocycles. The van der Waals surface area contributed by atoms with Crippen molar-refractivity contribution in [3.8, 4) is 5.75 Å². The molecule has 2 aromatic rings. The van der Waals surface area contributed by atoms with Gasteiger partial charge in [0.2, 0.25) is 5.91 Å². The van der Waals surface area contributed by atoms with Gasteiger partial charge < -0.3 is 14.4 Å². The lowest BCUT2D eigenvalue weighted by atomic mass is 9.48. The van der Waals surface area contributed by atoms with Crippen molar-refractivity contribution in [3.05, 3.63) is 63.1 Å². The Labute approximate surface area is 221 Å². The number of esters is 1. The molecule has 6 nitrogen and oxygen atoms in total. The SMILES string of the molecule is CC(=O)O[C@@]12CC[C@@H](N(C)C(=O)Cc3ccc(Cl)c(Cl)c3)[C@@H]3Oc4cccc5c4[C@@]31CCN(C)[C@@H]2C5. The second-order valence-electron chi connectivity index (χ2n) is 10.8. The second-order valence-corrected chi connectivity index (χ2v) is 11.6. The summed E-state index contributed by atoms with van der Waals surface area (Å²) in [6.45, 7) is 2.39. The van der Waals surface area contributed by atoms with E-state index in [0.29, 0.717) is 22.9 Å². The van der Waals surface area contributed by atoms with Crippen LogP contribution in [-0.2, 0) is 32.6 Å². The van der Waals surface area contributed by atoms with E-state index in [4.69, 9.17) is 32.7 Å². The second kappa shape index (κ2) is 8.37. The van der Waals surface area contributed by atoms with E-state index >= 15 is 0 Å². The monoisotopic (exact) mass is 528 g/mol. The van der Waals surface area contributed by atoms with Gasteiger partial charge in [0.15, 0.2) is 0 Å². The zero-order valence-corrected chi connectivity index (χ0v) is 22.2. The molecule has 8 heteroatoms. The van der Waals surface area contributed by atoms with Crippen LogP contribution in [0.5, 0.6) is 5.75 Å². The van der Waals surface area contributed by atoms with Gasteiger partial charge in [0.05, 0.1) is 34.0 Å².